The monoisotopic (exact) mass is 370 g/mol. The molecule has 2 aliphatic heterocycles. The fraction of sp³-hybridized carbons (Fsp3) is 0.900. The highest BCUT2D eigenvalue weighted by atomic mass is 35.5. The van der Waals surface area contributed by atoms with Gasteiger partial charge in [0.15, 0.2) is 0 Å². The summed E-state index contributed by atoms with van der Waals surface area (Å²) in [6.45, 7) is 8.04. The van der Waals surface area contributed by atoms with E-state index >= 15 is 0 Å². The molecule has 2 saturated heterocycles. The first-order valence-corrected chi connectivity index (χ1v) is 10.3. The lowest BCUT2D eigenvalue weighted by Crippen LogP contribution is -2.52. The second-order valence-electron chi connectivity index (χ2n) is 8.70. The summed E-state index contributed by atoms with van der Waals surface area (Å²) >= 11 is 5.88. The maximum Gasteiger partial charge on any atom is 0.303 e. The minimum absolute atomic E-state index is 0.0398. The molecule has 4 nitrogen and oxygen atoms in total. The maximum atomic E-state index is 12.8. The molecule has 25 heavy (non-hydrogen) atoms. The molecule has 0 radical (unpaired) electrons. The average Bonchev–Trinajstić information content (AvgIpc) is 2.82. The van der Waals surface area contributed by atoms with Crippen molar-refractivity contribution >= 4 is 23.4 Å². The number of Topliss-reactive ketones (excluding diaryl/α,β-unsaturated/α-hetero) is 1. The van der Waals surface area contributed by atoms with Crippen LogP contribution in [0.2, 0.25) is 0 Å². The number of ether oxygens (including phenoxy) is 2. The van der Waals surface area contributed by atoms with E-state index in [9.17, 15) is 9.59 Å². The molecule has 142 valence electrons. The standard InChI is InChI=1S/C20H31ClO4/c1-11(2)13-7-8-20(4,25-12(3)22)18-16-10-15(23)14(6-5-9-21)19(24-16)17(13)18/h11,13-14,16-19H,5-10H2,1-4H3/t13-,14+,16-,17-,18-,19+,20-/m1/s1. The van der Waals surface area contributed by atoms with Gasteiger partial charge in [0.05, 0.1) is 12.2 Å². The first kappa shape index (κ1) is 19.2. The zero-order chi connectivity index (χ0) is 18.4. The van der Waals surface area contributed by atoms with Crippen molar-refractivity contribution in [3.63, 3.8) is 0 Å². The molecule has 3 fully saturated rings. The molecule has 3 rings (SSSR count). The fourth-order valence-corrected chi connectivity index (χ4v) is 6.02. The highest BCUT2D eigenvalue weighted by molar-refractivity contribution is 6.17. The predicted molar refractivity (Wildman–Crippen MR) is 96.4 cm³/mol. The maximum absolute atomic E-state index is 12.8. The second kappa shape index (κ2) is 7.19. The van der Waals surface area contributed by atoms with Crippen molar-refractivity contribution < 1.29 is 19.1 Å². The summed E-state index contributed by atoms with van der Waals surface area (Å²) in [7, 11) is 0. The third-order valence-electron chi connectivity index (χ3n) is 6.79. The Balaban J connectivity index is 1.95. The van der Waals surface area contributed by atoms with Crippen LogP contribution in [-0.4, -0.2) is 35.4 Å². The van der Waals surface area contributed by atoms with Gasteiger partial charge in [0.2, 0.25) is 0 Å². The topological polar surface area (TPSA) is 52.6 Å². The van der Waals surface area contributed by atoms with E-state index in [1.54, 1.807) is 0 Å². The summed E-state index contributed by atoms with van der Waals surface area (Å²) in [6, 6.07) is 0. The number of halogens is 1. The van der Waals surface area contributed by atoms with E-state index in [0.717, 1.165) is 25.7 Å². The van der Waals surface area contributed by atoms with Gasteiger partial charge in [-0.15, -0.1) is 11.6 Å². The molecule has 0 aromatic carbocycles. The highest BCUT2D eigenvalue weighted by Crippen LogP contribution is 2.58. The van der Waals surface area contributed by atoms with E-state index in [0.29, 0.717) is 29.9 Å². The Bertz CT molecular complexity index is 534. The molecule has 7 atom stereocenters. The number of alkyl halides is 1. The summed E-state index contributed by atoms with van der Waals surface area (Å²) in [5, 5.41) is 0. The summed E-state index contributed by atoms with van der Waals surface area (Å²) in [5.74, 6) is 2.04. The van der Waals surface area contributed by atoms with Crippen molar-refractivity contribution in [2.45, 2.75) is 77.6 Å². The molecule has 0 spiro atoms. The second-order valence-corrected chi connectivity index (χ2v) is 9.08. The Labute approximate surface area is 156 Å². The van der Waals surface area contributed by atoms with Crippen molar-refractivity contribution in [2.24, 2.45) is 29.6 Å². The Kier molecular flexibility index (Phi) is 5.51. The molecule has 0 N–H and O–H groups in total. The Morgan fingerprint density at radius 2 is 2.16 bits per heavy atom. The number of esters is 1. The van der Waals surface area contributed by atoms with E-state index in [4.69, 9.17) is 21.1 Å². The molecule has 3 aliphatic rings. The van der Waals surface area contributed by atoms with E-state index in [-0.39, 0.29) is 35.9 Å². The molecule has 0 aromatic heterocycles. The van der Waals surface area contributed by atoms with Crippen molar-refractivity contribution in [2.75, 3.05) is 5.88 Å². The largest absolute Gasteiger partial charge is 0.459 e. The van der Waals surface area contributed by atoms with Crippen LogP contribution in [0.15, 0.2) is 0 Å². The normalized spacial score (nSPS) is 43.2. The van der Waals surface area contributed by atoms with E-state index in [2.05, 4.69) is 13.8 Å². The van der Waals surface area contributed by atoms with Gasteiger partial charge in [-0.2, -0.15) is 0 Å². The van der Waals surface area contributed by atoms with E-state index in [1.165, 1.54) is 6.92 Å². The van der Waals surface area contributed by atoms with Gasteiger partial charge in [0.25, 0.3) is 0 Å². The lowest BCUT2D eigenvalue weighted by molar-refractivity contribution is -0.173. The SMILES string of the molecule is CC(=O)O[C@]1(C)CC[C@H](C(C)C)[C@H]2[C@H]3O[C@H](CC(=O)[C@@H]3CCCCl)[C@H]21. The van der Waals surface area contributed by atoms with Crippen LogP contribution >= 0.6 is 11.6 Å². The first-order chi connectivity index (χ1) is 11.8. The minimum Gasteiger partial charge on any atom is -0.459 e. The third-order valence-corrected chi connectivity index (χ3v) is 7.06. The molecular weight excluding hydrogens is 340 g/mol. The number of fused-ring (bicyclic) bond motifs is 5. The van der Waals surface area contributed by atoms with Crippen molar-refractivity contribution in [1.29, 1.82) is 0 Å². The smallest absolute Gasteiger partial charge is 0.303 e. The summed E-state index contributed by atoms with van der Waals surface area (Å²) in [5.41, 5.74) is -0.525. The third kappa shape index (κ3) is 3.37. The van der Waals surface area contributed by atoms with Crippen molar-refractivity contribution in [3.8, 4) is 0 Å². The molecule has 0 amide bonds. The molecule has 2 bridgehead atoms. The zero-order valence-corrected chi connectivity index (χ0v) is 16.6. The Morgan fingerprint density at radius 3 is 2.76 bits per heavy atom. The predicted octanol–water partition coefficient (Wildman–Crippen LogP) is 3.98. The zero-order valence-electron chi connectivity index (χ0n) is 15.8. The van der Waals surface area contributed by atoms with E-state index in [1.807, 2.05) is 6.92 Å². The number of rotatable bonds is 5. The van der Waals surface area contributed by atoms with Crippen LogP contribution < -0.4 is 0 Å². The minimum atomic E-state index is -0.525. The van der Waals surface area contributed by atoms with Gasteiger partial charge in [0, 0.05) is 31.1 Å². The van der Waals surface area contributed by atoms with Crippen LogP contribution in [-0.2, 0) is 19.1 Å². The lowest BCUT2D eigenvalue weighted by atomic mass is 9.59. The molecule has 5 heteroatoms. The highest BCUT2D eigenvalue weighted by Gasteiger charge is 2.63. The number of carbonyl (C=O) groups excluding carboxylic acids is 2. The van der Waals surface area contributed by atoms with Crippen molar-refractivity contribution in [3.05, 3.63) is 0 Å². The van der Waals surface area contributed by atoms with Gasteiger partial charge in [-0.1, -0.05) is 13.8 Å². The van der Waals surface area contributed by atoms with Crippen molar-refractivity contribution in [1.82, 2.24) is 0 Å². The van der Waals surface area contributed by atoms with Crippen LogP contribution in [0.4, 0.5) is 0 Å². The van der Waals surface area contributed by atoms with Crippen LogP contribution in [0.1, 0.15) is 59.8 Å². The van der Waals surface area contributed by atoms with Gasteiger partial charge >= 0.3 is 5.97 Å². The quantitative estimate of drug-likeness (QED) is 0.542. The first-order valence-electron chi connectivity index (χ1n) is 9.72. The molecule has 0 unspecified atom stereocenters. The van der Waals surface area contributed by atoms with Gasteiger partial charge in [-0.05, 0) is 50.4 Å². The van der Waals surface area contributed by atoms with Gasteiger partial charge in [0.1, 0.15) is 11.4 Å². The number of ketones is 1. The van der Waals surface area contributed by atoms with Gasteiger partial charge in [-0.25, -0.2) is 0 Å². The van der Waals surface area contributed by atoms with Crippen LogP contribution in [0.25, 0.3) is 0 Å². The van der Waals surface area contributed by atoms with Gasteiger partial charge < -0.3 is 9.47 Å². The lowest BCUT2D eigenvalue weighted by Gasteiger charge is -2.48. The molecule has 1 saturated carbocycles. The van der Waals surface area contributed by atoms with Gasteiger partial charge in [-0.3, -0.25) is 9.59 Å². The molecule has 0 aromatic rings. The van der Waals surface area contributed by atoms with Crippen LogP contribution in [0.3, 0.4) is 0 Å². The van der Waals surface area contributed by atoms with E-state index < -0.39 is 5.60 Å². The molecular formula is C20H31ClO4. The van der Waals surface area contributed by atoms with Crippen LogP contribution in [0.5, 0.6) is 0 Å². The molecule has 1 aliphatic carbocycles. The Hall–Kier alpha value is -0.610. The number of carbonyl (C=O) groups is 2. The fourth-order valence-electron chi connectivity index (χ4n) is 5.87. The average molecular weight is 371 g/mol. The summed E-state index contributed by atoms with van der Waals surface area (Å²) in [4.78, 5) is 24.5. The molecule has 2 heterocycles. The Morgan fingerprint density at radius 1 is 1.44 bits per heavy atom. The number of hydrogen-bond donors (Lipinski definition) is 0. The number of hydrogen-bond acceptors (Lipinski definition) is 4. The summed E-state index contributed by atoms with van der Waals surface area (Å²) < 4.78 is 12.3. The van der Waals surface area contributed by atoms with Crippen LogP contribution in [0, 0.1) is 29.6 Å². The summed E-state index contributed by atoms with van der Waals surface area (Å²) in [6.07, 6.45) is 3.82.